The summed E-state index contributed by atoms with van der Waals surface area (Å²) < 4.78 is 0. The molecular formula is C26H25Cl3N2O2. The third kappa shape index (κ3) is 7.23. The average molecular weight is 504 g/mol. The molecular weight excluding hydrogens is 479 g/mol. The van der Waals surface area contributed by atoms with E-state index in [4.69, 9.17) is 34.8 Å². The Hall–Kier alpha value is -2.53. The molecule has 0 aromatic heterocycles. The molecule has 0 radical (unpaired) electrons. The van der Waals surface area contributed by atoms with Gasteiger partial charge in [0.25, 0.3) is 0 Å². The van der Waals surface area contributed by atoms with Crippen molar-refractivity contribution in [1.29, 1.82) is 0 Å². The van der Waals surface area contributed by atoms with Gasteiger partial charge in [0.1, 0.15) is 6.04 Å². The Bertz CT molecular complexity index is 1090. The van der Waals surface area contributed by atoms with Crippen LogP contribution in [0.1, 0.15) is 23.6 Å². The summed E-state index contributed by atoms with van der Waals surface area (Å²) in [6.07, 6.45) is 0.511. The molecule has 0 heterocycles. The summed E-state index contributed by atoms with van der Waals surface area (Å²) in [6.45, 7) is 2.50. The third-order valence-corrected chi connectivity index (χ3v) is 6.09. The number of rotatable bonds is 9. The molecule has 0 bridgehead atoms. The van der Waals surface area contributed by atoms with Gasteiger partial charge in [0.15, 0.2) is 0 Å². The molecule has 0 aliphatic rings. The largest absolute Gasteiger partial charge is 0.355 e. The molecule has 0 fully saturated rings. The minimum absolute atomic E-state index is 0.132. The molecule has 0 aliphatic carbocycles. The van der Waals surface area contributed by atoms with Gasteiger partial charge in [0, 0.05) is 34.6 Å². The van der Waals surface area contributed by atoms with Crippen molar-refractivity contribution < 1.29 is 9.59 Å². The molecule has 0 saturated heterocycles. The maximum Gasteiger partial charge on any atom is 0.243 e. The maximum atomic E-state index is 13.6. The van der Waals surface area contributed by atoms with Gasteiger partial charge in [-0.05, 0) is 47.9 Å². The lowest BCUT2D eigenvalue weighted by atomic mass is 10.0. The molecule has 33 heavy (non-hydrogen) atoms. The van der Waals surface area contributed by atoms with Crippen molar-refractivity contribution >= 4 is 46.6 Å². The zero-order valence-corrected chi connectivity index (χ0v) is 20.5. The van der Waals surface area contributed by atoms with Crippen LogP contribution < -0.4 is 5.32 Å². The van der Waals surface area contributed by atoms with Crippen molar-refractivity contribution in [3.63, 3.8) is 0 Å². The highest BCUT2D eigenvalue weighted by atomic mass is 35.5. The molecule has 0 saturated carbocycles. The number of halogens is 3. The van der Waals surface area contributed by atoms with Crippen LogP contribution in [0.4, 0.5) is 0 Å². The van der Waals surface area contributed by atoms with Gasteiger partial charge in [-0.3, -0.25) is 9.59 Å². The van der Waals surface area contributed by atoms with Crippen LogP contribution >= 0.6 is 34.8 Å². The van der Waals surface area contributed by atoms with Crippen molar-refractivity contribution in [3.05, 3.63) is 105 Å². The van der Waals surface area contributed by atoms with Crippen LogP contribution in [-0.4, -0.2) is 29.3 Å². The van der Waals surface area contributed by atoms with Gasteiger partial charge in [-0.1, -0.05) is 83.3 Å². The predicted octanol–water partition coefficient (Wildman–Crippen LogP) is 5.97. The van der Waals surface area contributed by atoms with E-state index in [9.17, 15) is 9.59 Å². The molecule has 3 aromatic carbocycles. The first-order valence-corrected chi connectivity index (χ1v) is 11.8. The zero-order chi connectivity index (χ0) is 23.8. The Morgan fingerprint density at radius 3 is 2.18 bits per heavy atom. The van der Waals surface area contributed by atoms with E-state index in [0.29, 0.717) is 33.6 Å². The molecule has 3 rings (SSSR count). The van der Waals surface area contributed by atoms with E-state index in [0.717, 1.165) is 11.1 Å². The van der Waals surface area contributed by atoms with Gasteiger partial charge in [-0.25, -0.2) is 0 Å². The second-order valence-electron chi connectivity index (χ2n) is 7.66. The molecule has 1 unspecified atom stereocenters. The highest BCUT2D eigenvalue weighted by Crippen LogP contribution is 2.24. The van der Waals surface area contributed by atoms with Crippen molar-refractivity contribution in [3.8, 4) is 0 Å². The van der Waals surface area contributed by atoms with Crippen LogP contribution in [0, 0.1) is 0 Å². The molecule has 7 heteroatoms. The summed E-state index contributed by atoms with van der Waals surface area (Å²) in [7, 11) is 0. The Balaban J connectivity index is 1.97. The Morgan fingerprint density at radius 1 is 0.879 bits per heavy atom. The number of nitrogens with one attached hydrogen (secondary N) is 1. The monoisotopic (exact) mass is 502 g/mol. The van der Waals surface area contributed by atoms with Crippen LogP contribution in [-0.2, 0) is 29.0 Å². The first kappa shape index (κ1) is 25.1. The van der Waals surface area contributed by atoms with Crippen molar-refractivity contribution in [2.24, 2.45) is 0 Å². The topological polar surface area (TPSA) is 49.4 Å². The number of likely N-dealkylation sites (N-methyl/N-ethyl adjacent to an activating group) is 1. The molecule has 172 valence electrons. The van der Waals surface area contributed by atoms with Gasteiger partial charge >= 0.3 is 0 Å². The minimum Gasteiger partial charge on any atom is -0.355 e. The second-order valence-corrected chi connectivity index (χ2v) is 8.94. The first-order valence-electron chi connectivity index (χ1n) is 10.7. The van der Waals surface area contributed by atoms with E-state index in [1.165, 1.54) is 0 Å². The molecule has 0 aliphatic heterocycles. The summed E-state index contributed by atoms with van der Waals surface area (Å²) in [4.78, 5) is 28.3. The number of carbonyl (C=O) groups excluding carboxylic acids is 2. The fourth-order valence-electron chi connectivity index (χ4n) is 3.56. The first-order chi connectivity index (χ1) is 15.9. The minimum atomic E-state index is -0.709. The average Bonchev–Trinajstić information content (AvgIpc) is 2.79. The zero-order valence-electron chi connectivity index (χ0n) is 18.2. The Kier molecular flexibility index (Phi) is 9.19. The number of hydrogen-bond donors (Lipinski definition) is 1. The number of benzene rings is 3. The molecule has 0 spiro atoms. The van der Waals surface area contributed by atoms with E-state index >= 15 is 0 Å². The van der Waals surface area contributed by atoms with E-state index in [1.807, 2.05) is 49.4 Å². The summed E-state index contributed by atoms with van der Waals surface area (Å²) in [5, 5.41) is 4.43. The highest BCUT2D eigenvalue weighted by Gasteiger charge is 2.30. The molecule has 3 aromatic rings. The quantitative estimate of drug-likeness (QED) is 0.391. The Labute approximate surface area is 209 Å². The van der Waals surface area contributed by atoms with Crippen LogP contribution in [0.3, 0.4) is 0 Å². The van der Waals surface area contributed by atoms with Crippen molar-refractivity contribution in [2.45, 2.75) is 32.4 Å². The summed E-state index contributed by atoms with van der Waals surface area (Å²) in [5.74, 6) is -0.397. The molecule has 4 nitrogen and oxygen atoms in total. The molecule has 1 N–H and O–H groups in total. The summed E-state index contributed by atoms with van der Waals surface area (Å²) >= 11 is 18.5. The lowest BCUT2D eigenvalue weighted by Crippen LogP contribution is -2.51. The van der Waals surface area contributed by atoms with Crippen LogP contribution in [0.25, 0.3) is 0 Å². The SMILES string of the molecule is CCNC(=O)C(Cc1ccccc1)N(Cc1ccc(Cl)cc1Cl)C(=O)Cc1ccc(Cl)cc1. The van der Waals surface area contributed by atoms with Gasteiger partial charge in [0.05, 0.1) is 6.42 Å². The summed E-state index contributed by atoms with van der Waals surface area (Å²) in [5.41, 5.74) is 2.49. The lowest BCUT2D eigenvalue weighted by molar-refractivity contribution is -0.140. The van der Waals surface area contributed by atoms with Crippen LogP contribution in [0.2, 0.25) is 15.1 Å². The molecule has 1 atom stereocenters. The van der Waals surface area contributed by atoms with Crippen LogP contribution in [0.15, 0.2) is 72.8 Å². The summed E-state index contributed by atoms with van der Waals surface area (Å²) in [6, 6.07) is 21.2. The predicted molar refractivity (Wildman–Crippen MR) is 135 cm³/mol. The van der Waals surface area contributed by atoms with E-state index in [2.05, 4.69) is 5.32 Å². The standard InChI is InChI=1S/C26H25Cl3N2O2/c1-2-30-26(33)24(14-18-6-4-3-5-7-18)31(17-20-10-13-22(28)16-23(20)29)25(32)15-19-8-11-21(27)12-9-19/h3-13,16,24H,2,14-15,17H2,1H3,(H,30,33). The number of carbonyl (C=O) groups is 2. The molecule has 2 amide bonds. The van der Waals surface area contributed by atoms with E-state index in [1.54, 1.807) is 35.2 Å². The van der Waals surface area contributed by atoms with Gasteiger partial charge in [-0.15, -0.1) is 0 Å². The van der Waals surface area contributed by atoms with E-state index in [-0.39, 0.29) is 24.8 Å². The van der Waals surface area contributed by atoms with Crippen molar-refractivity contribution in [1.82, 2.24) is 10.2 Å². The number of amides is 2. The normalized spacial score (nSPS) is 11.6. The lowest BCUT2D eigenvalue weighted by Gasteiger charge is -2.32. The van der Waals surface area contributed by atoms with Gasteiger partial charge in [0.2, 0.25) is 11.8 Å². The fraction of sp³-hybridized carbons (Fsp3) is 0.231. The van der Waals surface area contributed by atoms with Gasteiger partial charge in [-0.2, -0.15) is 0 Å². The number of nitrogens with zero attached hydrogens (tertiary/aromatic N) is 1. The Morgan fingerprint density at radius 2 is 1.55 bits per heavy atom. The van der Waals surface area contributed by atoms with Crippen molar-refractivity contribution in [2.75, 3.05) is 6.54 Å². The van der Waals surface area contributed by atoms with E-state index < -0.39 is 6.04 Å². The second kappa shape index (κ2) is 12.1. The smallest absolute Gasteiger partial charge is 0.243 e. The maximum absolute atomic E-state index is 13.6. The van der Waals surface area contributed by atoms with Crippen LogP contribution in [0.5, 0.6) is 0 Å². The third-order valence-electron chi connectivity index (χ3n) is 5.25. The van der Waals surface area contributed by atoms with Gasteiger partial charge < -0.3 is 10.2 Å². The fourth-order valence-corrected chi connectivity index (χ4v) is 4.15. The number of hydrogen-bond acceptors (Lipinski definition) is 2. The highest BCUT2D eigenvalue weighted by molar-refractivity contribution is 6.35.